The van der Waals surface area contributed by atoms with Crippen LogP contribution in [0.4, 0.5) is 0 Å². The maximum atomic E-state index is 11.3. The smallest absolute Gasteiger partial charge is 0.303 e. The molecular formula is C12H21NO4. The summed E-state index contributed by atoms with van der Waals surface area (Å²) in [6.45, 7) is 0.477. The van der Waals surface area contributed by atoms with E-state index in [0.29, 0.717) is 6.54 Å². The van der Waals surface area contributed by atoms with Crippen LogP contribution in [0.5, 0.6) is 0 Å². The van der Waals surface area contributed by atoms with Gasteiger partial charge < -0.3 is 15.2 Å². The second kappa shape index (κ2) is 6.59. The molecule has 1 aliphatic carbocycles. The average molecular weight is 243 g/mol. The molecule has 1 amide bonds. The van der Waals surface area contributed by atoms with E-state index < -0.39 is 5.97 Å². The molecule has 0 aromatic carbocycles. The van der Waals surface area contributed by atoms with Gasteiger partial charge in [-0.25, -0.2) is 0 Å². The summed E-state index contributed by atoms with van der Waals surface area (Å²) < 4.78 is 4.73. The highest BCUT2D eigenvalue weighted by Gasteiger charge is 2.34. The molecule has 1 aliphatic rings. The second-order valence-electron chi connectivity index (χ2n) is 4.84. The van der Waals surface area contributed by atoms with Crippen molar-refractivity contribution < 1.29 is 19.4 Å². The van der Waals surface area contributed by atoms with Crippen LogP contribution in [-0.2, 0) is 14.3 Å². The van der Waals surface area contributed by atoms with E-state index in [0.717, 1.165) is 32.1 Å². The Morgan fingerprint density at radius 3 is 2.47 bits per heavy atom. The van der Waals surface area contributed by atoms with Crippen LogP contribution in [0.3, 0.4) is 0 Å². The Kier molecular flexibility index (Phi) is 5.41. The zero-order valence-corrected chi connectivity index (χ0v) is 10.3. The lowest BCUT2D eigenvalue weighted by Crippen LogP contribution is -2.41. The summed E-state index contributed by atoms with van der Waals surface area (Å²) >= 11 is 0. The van der Waals surface area contributed by atoms with E-state index >= 15 is 0 Å². The third kappa shape index (κ3) is 4.73. The highest BCUT2D eigenvalue weighted by Crippen LogP contribution is 2.38. The summed E-state index contributed by atoms with van der Waals surface area (Å²) in [7, 11) is 1.47. The lowest BCUT2D eigenvalue weighted by atomic mass is 9.71. The summed E-state index contributed by atoms with van der Waals surface area (Å²) in [6.07, 6.45) is 5.16. The van der Waals surface area contributed by atoms with Gasteiger partial charge in [-0.2, -0.15) is 0 Å². The van der Waals surface area contributed by atoms with Crippen molar-refractivity contribution in [2.24, 2.45) is 5.41 Å². The summed E-state index contributed by atoms with van der Waals surface area (Å²) in [5, 5.41) is 11.7. The molecule has 0 spiro atoms. The first-order valence-electron chi connectivity index (χ1n) is 6.05. The molecule has 5 nitrogen and oxygen atoms in total. The number of carboxylic acids is 1. The molecule has 0 aromatic heterocycles. The van der Waals surface area contributed by atoms with Gasteiger partial charge in [0.25, 0.3) is 0 Å². The van der Waals surface area contributed by atoms with Crippen LogP contribution in [-0.4, -0.2) is 37.2 Å². The minimum absolute atomic E-state index is 0.0309. The van der Waals surface area contributed by atoms with Gasteiger partial charge in [0.05, 0.1) is 6.42 Å². The SMILES string of the molecule is COCC(=O)NCC1(CC(=O)O)CCCCC1. The summed E-state index contributed by atoms with van der Waals surface area (Å²) in [5.74, 6) is -0.962. The Hall–Kier alpha value is -1.10. The maximum Gasteiger partial charge on any atom is 0.303 e. The quantitative estimate of drug-likeness (QED) is 0.734. The van der Waals surface area contributed by atoms with Gasteiger partial charge in [0.2, 0.25) is 5.91 Å². The number of carboxylic acid groups (broad SMARTS) is 1. The zero-order valence-electron chi connectivity index (χ0n) is 10.3. The molecule has 0 radical (unpaired) electrons. The van der Waals surface area contributed by atoms with Crippen molar-refractivity contribution in [1.82, 2.24) is 5.32 Å². The topological polar surface area (TPSA) is 75.6 Å². The van der Waals surface area contributed by atoms with Crippen LogP contribution in [0.15, 0.2) is 0 Å². The Bertz CT molecular complexity index is 272. The first kappa shape index (κ1) is 14.0. The largest absolute Gasteiger partial charge is 0.481 e. The number of carbonyl (C=O) groups is 2. The van der Waals surface area contributed by atoms with Crippen LogP contribution in [0, 0.1) is 5.41 Å². The molecule has 0 saturated heterocycles. The van der Waals surface area contributed by atoms with Crippen LogP contribution in [0.25, 0.3) is 0 Å². The molecule has 0 bridgehead atoms. The molecule has 0 unspecified atom stereocenters. The summed E-state index contributed by atoms with van der Waals surface area (Å²) in [6, 6.07) is 0. The van der Waals surface area contributed by atoms with E-state index in [9.17, 15) is 9.59 Å². The first-order valence-corrected chi connectivity index (χ1v) is 6.05. The van der Waals surface area contributed by atoms with Crippen molar-refractivity contribution in [3.8, 4) is 0 Å². The zero-order chi connectivity index (χ0) is 12.7. The molecule has 1 rings (SSSR count). The maximum absolute atomic E-state index is 11.3. The fourth-order valence-corrected chi connectivity index (χ4v) is 2.51. The Labute approximate surface area is 102 Å². The highest BCUT2D eigenvalue weighted by molar-refractivity contribution is 5.77. The number of carbonyl (C=O) groups excluding carboxylic acids is 1. The number of hydrogen-bond donors (Lipinski definition) is 2. The lowest BCUT2D eigenvalue weighted by molar-refractivity contribution is -0.141. The van der Waals surface area contributed by atoms with E-state index in [1.165, 1.54) is 7.11 Å². The third-order valence-electron chi connectivity index (χ3n) is 3.38. The fourth-order valence-electron chi connectivity index (χ4n) is 2.51. The standard InChI is InChI=1S/C12H21NO4/c1-17-8-10(14)13-9-12(7-11(15)16)5-3-2-4-6-12/h2-9H2,1H3,(H,13,14)(H,15,16). The van der Waals surface area contributed by atoms with Gasteiger partial charge in [-0.1, -0.05) is 19.3 Å². The van der Waals surface area contributed by atoms with Crippen LogP contribution in [0.1, 0.15) is 38.5 Å². The van der Waals surface area contributed by atoms with Gasteiger partial charge in [-0.05, 0) is 18.3 Å². The third-order valence-corrected chi connectivity index (χ3v) is 3.38. The van der Waals surface area contributed by atoms with E-state index in [2.05, 4.69) is 5.32 Å². The molecule has 0 aliphatic heterocycles. The monoisotopic (exact) mass is 243 g/mol. The van der Waals surface area contributed by atoms with Gasteiger partial charge in [0.1, 0.15) is 6.61 Å². The van der Waals surface area contributed by atoms with Crippen LogP contribution in [0.2, 0.25) is 0 Å². The molecule has 2 N–H and O–H groups in total. The number of rotatable bonds is 6. The van der Waals surface area contributed by atoms with Crippen molar-refractivity contribution in [1.29, 1.82) is 0 Å². The van der Waals surface area contributed by atoms with Crippen molar-refractivity contribution >= 4 is 11.9 Å². The number of amides is 1. The molecular weight excluding hydrogens is 222 g/mol. The predicted molar refractivity (Wildman–Crippen MR) is 62.7 cm³/mol. The Morgan fingerprint density at radius 2 is 1.94 bits per heavy atom. The normalized spacial score (nSPS) is 18.6. The van der Waals surface area contributed by atoms with Crippen LogP contribution < -0.4 is 5.32 Å². The Balaban J connectivity index is 2.51. The van der Waals surface area contributed by atoms with E-state index in [4.69, 9.17) is 9.84 Å². The number of hydrogen-bond acceptors (Lipinski definition) is 3. The average Bonchev–Trinajstić information content (AvgIpc) is 2.27. The minimum Gasteiger partial charge on any atom is -0.481 e. The number of methoxy groups -OCH3 is 1. The summed E-state index contributed by atoms with van der Waals surface area (Å²) in [5.41, 5.74) is -0.256. The second-order valence-corrected chi connectivity index (χ2v) is 4.84. The summed E-state index contributed by atoms with van der Waals surface area (Å²) in [4.78, 5) is 22.2. The molecule has 98 valence electrons. The molecule has 17 heavy (non-hydrogen) atoms. The molecule has 0 atom stereocenters. The number of aliphatic carboxylic acids is 1. The van der Waals surface area contributed by atoms with Gasteiger partial charge >= 0.3 is 5.97 Å². The molecule has 0 heterocycles. The molecule has 1 saturated carbocycles. The molecule has 1 fully saturated rings. The number of nitrogens with one attached hydrogen (secondary N) is 1. The fraction of sp³-hybridized carbons (Fsp3) is 0.833. The van der Waals surface area contributed by atoms with Gasteiger partial charge in [0, 0.05) is 13.7 Å². The predicted octanol–water partition coefficient (Wildman–Crippen LogP) is 1.17. The van der Waals surface area contributed by atoms with Gasteiger partial charge in [0.15, 0.2) is 0 Å². The van der Waals surface area contributed by atoms with Crippen molar-refractivity contribution in [3.05, 3.63) is 0 Å². The van der Waals surface area contributed by atoms with Crippen molar-refractivity contribution in [2.75, 3.05) is 20.3 Å². The van der Waals surface area contributed by atoms with Crippen molar-refractivity contribution in [2.45, 2.75) is 38.5 Å². The number of ether oxygens (including phenoxy) is 1. The van der Waals surface area contributed by atoms with Gasteiger partial charge in [-0.15, -0.1) is 0 Å². The van der Waals surface area contributed by atoms with E-state index in [1.54, 1.807) is 0 Å². The van der Waals surface area contributed by atoms with Gasteiger partial charge in [-0.3, -0.25) is 9.59 Å². The first-order chi connectivity index (χ1) is 8.08. The molecule has 5 heteroatoms. The molecule has 0 aromatic rings. The lowest BCUT2D eigenvalue weighted by Gasteiger charge is -2.36. The van der Waals surface area contributed by atoms with Crippen LogP contribution >= 0.6 is 0 Å². The van der Waals surface area contributed by atoms with E-state index in [1.807, 2.05) is 0 Å². The minimum atomic E-state index is -0.784. The van der Waals surface area contributed by atoms with Crippen molar-refractivity contribution in [3.63, 3.8) is 0 Å². The highest BCUT2D eigenvalue weighted by atomic mass is 16.5. The Morgan fingerprint density at radius 1 is 1.29 bits per heavy atom. The van der Waals surface area contributed by atoms with E-state index in [-0.39, 0.29) is 24.3 Å².